The molecule has 106 valence electrons. The Bertz CT molecular complexity index is 409. The monoisotopic (exact) mass is 294 g/mol. The summed E-state index contributed by atoms with van der Waals surface area (Å²) in [7, 11) is 1.27. The van der Waals surface area contributed by atoms with Crippen molar-refractivity contribution in [2.45, 2.75) is 12.1 Å². The molecule has 4 nitrogen and oxygen atoms in total. The Morgan fingerprint density at radius 1 is 1.47 bits per heavy atom. The smallest absolute Gasteiger partial charge is 0.441 e. The van der Waals surface area contributed by atoms with Crippen molar-refractivity contribution >= 4 is 17.7 Å². The zero-order valence-corrected chi connectivity index (χ0v) is 11.0. The van der Waals surface area contributed by atoms with Crippen molar-refractivity contribution in [2.75, 3.05) is 19.4 Å². The number of halogens is 3. The van der Waals surface area contributed by atoms with Gasteiger partial charge >= 0.3 is 11.5 Å². The zero-order chi connectivity index (χ0) is 14.3. The van der Waals surface area contributed by atoms with E-state index in [9.17, 15) is 18.0 Å². The Morgan fingerprint density at radius 2 is 2.21 bits per heavy atom. The summed E-state index contributed by atoms with van der Waals surface area (Å²) >= 11 is -0.0660. The van der Waals surface area contributed by atoms with Gasteiger partial charge in [-0.2, -0.15) is 13.2 Å². The molecular weight excluding hydrogens is 281 g/mol. The van der Waals surface area contributed by atoms with Crippen LogP contribution >= 0.6 is 11.8 Å². The highest BCUT2D eigenvalue weighted by atomic mass is 32.2. The van der Waals surface area contributed by atoms with Crippen LogP contribution in [0.15, 0.2) is 18.3 Å². The molecule has 0 unspecified atom stereocenters. The second kappa shape index (κ2) is 7.34. The molecule has 0 radical (unpaired) electrons. The highest BCUT2D eigenvalue weighted by molar-refractivity contribution is 8.00. The van der Waals surface area contributed by atoms with Crippen LogP contribution in [-0.2, 0) is 11.3 Å². The third-order valence-electron chi connectivity index (χ3n) is 2.10. The summed E-state index contributed by atoms with van der Waals surface area (Å²) in [4.78, 5) is 15.1. The Morgan fingerprint density at radius 3 is 2.74 bits per heavy atom. The number of alkyl halides is 3. The number of hydrogen-bond acceptors (Lipinski definition) is 5. The Hall–Kier alpha value is -1.28. The normalized spacial score (nSPS) is 11.4. The van der Waals surface area contributed by atoms with Gasteiger partial charge in [-0.05, 0) is 23.9 Å². The minimum Gasteiger partial charge on any atom is -0.465 e. The molecule has 8 heteroatoms. The maximum absolute atomic E-state index is 11.8. The molecule has 0 bridgehead atoms. The third-order valence-corrected chi connectivity index (χ3v) is 2.83. The van der Waals surface area contributed by atoms with Gasteiger partial charge in [-0.15, -0.1) is 0 Å². The molecule has 1 aromatic rings. The lowest BCUT2D eigenvalue weighted by molar-refractivity contribution is -0.0327. The van der Waals surface area contributed by atoms with Crippen molar-refractivity contribution < 1.29 is 22.7 Å². The van der Waals surface area contributed by atoms with Crippen molar-refractivity contribution in [1.82, 2.24) is 10.3 Å². The maximum atomic E-state index is 11.8. The van der Waals surface area contributed by atoms with Crippen molar-refractivity contribution in [3.05, 3.63) is 29.6 Å². The molecule has 0 saturated heterocycles. The number of ether oxygens (including phenoxy) is 1. The van der Waals surface area contributed by atoms with Crippen molar-refractivity contribution in [3.8, 4) is 0 Å². The summed E-state index contributed by atoms with van der Waals surface area (Å²) in [6, 6.07) is 3.18. The Labute approximate surface area is 112 Å². The number of aromatic nitrogens is 1. The first kappa shape index (κ1) is 15.8. The number of carbonyl (C=O) groups excluding carboxylic acids is 1. The van der Waals surface area contributed by atoms with Crippen LogP contribution < -0.4 is 5.32 Å². The number of pyridine rings is 1. The van der Waals surface area contributed by atoms with Crippen LogP contribution in [0.2, 0.25) is 0 Å². The Balaban J connectivity index is 2.29. The zero-order valence-electron chi connectivity index (χ0n) is 10.2. The van der Waals surface area contributed by atoms with E-state index in [1.54, 1.807) is 12.1 Å². The van der Waals surface area contributed by atoms with Gasteiger partial charge in [0, 0.05) is 25.0 Å². The summed E-state index contributed by atoms with van der Waals surface area (Å²) in [5.41, 5.74) is -3.22. The van der Waals surface area contributed by atoms with Crippen molar-refractivity contribution in [1.29, 1.82) is 0 Å². The molecule has 0 spiro atoms. The first-order valence-corrected chi connectivity index (χ1v) is 6.35. The van der Waals surface area contributed by atoms with E-state index in [0.717, 1.165) is 0 Å². The van der Waals surface area contributed by atoms with Crippen LogP contribution in [-0.4, -0.2) is 35.9 Å². The highest BCUT2D eigenvalue weighted by Gasteiger charge is 2.27. The van der Waals surface area contributed by atoms with Gasteiger partial charge in [-0.1, -0.05) is 0 Å². The summed E-state index contributed by atoms with van der Waals surface area (Å²) < 4.78 is 40.0. The number of esters is 1. The molecule has 0 fully saturated rings. The number of thioether (sulfide) groups is 1. The van der Waals surface area contributed by atoms with Gasteiger partial charge < -0.3 is 10.1 Å². The van der Waals surface area contributed by atoms with E-state index in [1.807, 2.05) is 0 Å². The number of hydrogen-bond donors (Lipinski definition) is 1. The standard InChI is InChI=1S/C11H13F3N2O2S/c1-18-10(17)8-2-3-9(16-6-8)7-15-4-5-19-11(12,13)14/h2-3,6,15H,4-5,7H2,1H3. The van der Waals surface area contributed by atoms with Gasteiger partial charge in [0.05, 0.1) is 18.4 Å². The number of carbonyl (C=O) groups is 1. The minimum absolute atomic E-state index is 0.0518. The Kier molecular flexibility index (Phi) is 6.10. The molecule has 0 aliphatic rings. The molecule has 0 atom stereocenters. The predicted molar refractivity (Wildman–Crippen MR) is 65.8 cm³/mol. The summed E-state index contributed by atoms with van der Waals surface area (Å²) in [6.45, 7) is 0.574. The SMILES string of the molecule is COC(=O)c1ccc(CNCCSC(F)(F)F)nc1. The van der Waals surface area contributed by atoms with Gasteiger partial charge in [0.15, 0.2) is 0 Å². The maximum Gasteiger partial charge on any atom is 0.441 e. The van der Waals surface area contributed by atoms with Crippen molar-refractivity contribution in [2.24, 2.45) is 0 Å². The predicted octanol–water partition coefficient (Wildman–Crippen LogP) is 2.21. The first-order chi connectivity index (χ1) is 8.92. The molecule has 1 rings (SSSR count). The fraction of sp³-hybridized carbons (Fsp3) is 0.455. The quantitative estimate of drug-likeness (QED) is 0.644. The number of nitrogens with zero attached hydrogens (tertiary/aromatic N) is 1. The minimum atomic E-state index is -4.19. The second-order valence-electron chi connectivity index (χ2n) is 3.50. The van der Waals surface area contributed by atoms with E-state index in [4.69, 9.17) is 0 Å². The summed E-state index contributed by atoms with van der Waals surface area (Å²) in [5.74, 6) is -0.530. The lowest BCUT2D eigenvalue weighted by atomic mass is 10.2. The summed E-state index contributed by atoms with van der Waals surface area (Å²) in [5, 5.41) is 2.84. The molecule has 0 aromatic carbocycles. The van der Waals surface area contributed by atoms with Crippen LogP contribution in [0.3, 0.4) is 0 Å². The number of methoxy groups -OCH3 is 1. The molecular formula is C11H13F3N2O2S. The molecule has 1 N–H and O–H groups in total. The second-order valence-corrected chi connectivity index (χ2v) is 4.66. The van der Waals surface area contributed by atoms with Crippen LogP contribution in [0.4, 0.5) is 13.2 Å². The third kappa shape index (κ3) is 6.44. The van der Waals surface area contributed by atoms with Gasteiger partial charge in [-0.3, -0.25) is 4.98 Å². The van der Waals surface area contributed by atoms with Gasteiger partial charge in [0.25, 0.3) is 0 Å². The number of nitrogens with one attached hydrogen (secondary N) is 1. The van der Waals surface area contributed by atoms with Gasteiger partial charge in [-0.25, -0.2) is 4.79 Å². The van der Waals surface area contributed by atoms with E-state index in [1.165, 1.54) is 13.3 Å². The average molecular weight is 294 g/mol. The molecule has 1 heterocycles. The fourth-order valence-electron chi connectivity index (χ4n) is 1.22. The molecule has 0 amide bonds. The van der Waals surface area contributed by atoms with E-state index in [-0.39, 0.29) is 24.1 Å². The molecule has 0 saturated carbocycles. The van der Waals surface area contributed by atoms with Crippen LogP contribution in [0, 0.1) is 0 Å². The van der Waals surface area contributed by atoms with Crippen molar-refractivity contribution in [3.63, 3.8) is 0 Å². The van der Waals surface area contributed by atoms with E-state index < -0.39 is 11.5 Å². The van der Waals surface area contributed by atoms with Crippen LogP contribution in [0.1, 0.15) is 16.1 Å². The molecule has 0 aliphatic heterocycles. The molecule has 1 aromatic heterocycles. The lowest BCUT2D eigenvalue weighted by Gasteiger charge is -2.07. The van der Waals surface area contributed by atoms with Crippen LogP contribution in [0.5, 0.6) is 0 Å². The van der Waals surface area contributed by atoms with Crippen LogP contribution in [0.25, 0.3) is 0 Å². The van der Waals surface area contributed by atoms with E-state index in [2.05, 4.69) is 15.0 Å². The van der Waals surface area contributed by atoms with E-state index in [0.29, 0.717) is 17.8 Å². The first-order valence-electron chi connectivity index (χ1n) is 5.37. The topological polar surface area (TPSA) is 51.2 Å². The van der Waals surface area contributed by atoms with E-state index >= 15 is 0 Å². The average Bonchev–Trinajstić information content (AvgIpc) is 2.37. The lowest BCUT2D eigenvalue weighted by Crippen LogP contribution is -2.19. The largest absolute Gasteiger partial charge is 0.465 e. The summed E-state index contributed by atoms with van der Waals surface area (Å²) in [6.07, 6.45) is 1.37. The fourth-order valence-corrected chi connectivity index (χ4v) is 1.70. The van der Waals surface area contributed by atoms with Gasteiger partial charge in [0.1, 0.15) is 0 Å². The van der Waals surface area contributed by atoms with Gasteiger partial charge in [0.2, 0.25) is 0 Å². The highest BCUT2D eigenvalue weighted by Crippen LogP contribution is 2.29. The molecule has 19 heavy (non-hydrogen) atoms. The number of rotatable bonds is 6. The molecule has 0 aliphatic carbocycles.